The molecule has 0 aliphatic carbocycles. The fraction of sp³-hybridized carbons (Fsp3) is 0.286. The molecular weight excluding hydrogens is 331 g/mol. The molecule has 2 aromatic rings. The van der Waals surface area contributed by atoms with Crippen LogP contribution >= 0.6 is 34.8 Å². The van der Waals surface area contributed by atoms with Crippen LogP contribution in [-0.2, 0) is 0 Å². The van der Waals surface area contributed by atoms with Crippen molar-refractivity contribution in [2.45, 2.75) is 0 Å². The standard InChI is InChI=1S/C14H13Cl3N4/c15-10-3-1-2-4-12(10)20-5-7-21(8-6-20)13-11(16)9-18-14(17)19-13/h1-4,9H,5-8H2. The van der Waals surface area contributed by atoms with Crippen LogP contribution in [-0.4, -0.2) is 36.1 Å². The van der Waals surface area contributed by atoms with Crippen LogP contribution in [0.5, 0.6) is 0 Å². The third kappa shape index (κ3) is 3.18. The predicted molar refractivity (Wildman–Crippen MR) is 87.9 cm³/mol. The van der Waals surface area contributed by atoms with Crippen molar-refractivity contribution in [2.75, 3.05) is 36.0 Å². The minimum absolute atomic E-state index is 0.211. The van der Waals surface area contributed by atoms with Crippen LogP contribution in [0.2, 0.25) is 15.3 Å². The molecule has 4 nitrogen and oxygen atoms in total. The molecule has 0 bridgehead atoms. The van der Waals surface area contributed by atoms with E-state index < -0.39 is 0 Å². The normalized spacial score (nSPS) is 15.4. The van der Waals surface area contributed by atoms with E-state index in [4.69, 9.17) is 34.8 Å². The number of halogens is 3. The molecule has 0 atom stereocenters. The topological polar surface area (TPSA) is 32.3 Å². The van der Waals surface area contributed by atoms with Gasteiger partial charge in [-0.1, -0.05) is 35.3 Å². The molecule has 0 saturated carbocycles. The molecule has 0 amide bonds. The number of aromatic nitrogens is 2. The molecule has 3 rings (SSSR count). The summed E-state index contributed by atoms with van der Waals surface area (Å²) in [6.07, 6.45) is 1.53. The Bertz CT molecular complexity index is 642. The zero-order valence-electron chi connectivity index (χ0n) is 11.1. The van der Waals surface area contributed by atoms with Gasteiger partial charge in [-0.2, -0.15) is 4.98 Å². The number of piperazine rings is 1. The average Bonchev–Trinajstić information content (AvgIpc) is 2.50. The summed E-state index contributed by atoms with van der Waals surface area (Å²) in [6.45, 7) is 3.31. The van der Waals surface area contributed by atoms with Gasteiger partial charge in [0.15, 0.2) is 5.82 Å². The number of rotatable bonds is 2. The number of anilines is 2. The van der Waals surface area contributed by atoms with E-state index in [2.05, 4.69) is 19.8 Å². The molecule has 1 aromatic carbocycles. The van der Waals surface area contributed by atoms with Crippen LogP contribution in [0.3, 0.4) is 0 Å². The van der Waals surface area contributed by atoms with Gasteiger partial charge in [-0.3, -0.25) is 0 Å². The number of hydrogen-bond donors (Lipinski definition) is 0. The third-order valence-corrected chi connectivity index (χ3v) is 4.24. The molecule has 7 heteroatoms. The number of hydrogen-bond acceptors (Lipinski definition) is 4. The predicted octanol–water partition coefficient (Wildman–Crippen LogP) is 3.76. The highest BCUT2D eigenvalue weighted by atomic mass is 35.5. The van der Waals surface area contributed by atoms with E-state index in [1.54, 1.807) is 0 Å². The molecule has 0 N–H and O–H groups in total. The molecule has 0 spiro atoms. The highest BCUT2D eigenvalue weighted by Crippen LogP contribution is 2.29. The van der Waals surface area contributed by atoms with Crippen molar-refractivity contribution in [2.24, 2.45) is 0 Å². The van der Waals surface area contributed by atoms with Gasteiger partial charge in [-0.25, -0.2) is 4.98 Å². The molecule has 0 radical (unpaired) electrons. The maximum atomic E-state index is 6.24. The van der Waals surface area contributed by atoms with Crippen LogP contribution in [0.25, 0.3) is 0 Å². The fourth-order valence-electron chi connectivity index (χ4n) is 2.43. The average molecular weight is 344 g/mol. The molecular formula is C14H13Cl3N4. The molecule has 1 aliphatic heterocycles. The lowest BCUT2D eigenvalue weighted by atomic mass is 10.2. The van der Waals surface area contributed by atoms with E-state index >= 15 is 0 Å². The highest BCUT2D eigenvalue weighted by Gasteiger charge is 2.21. The molecule has 1 saturated heterocycles. The van der Waals surface area contributed by atoms with Crippen LogP contribution < -0.4 is 9.80 Å². The fourth-order valence-corrected chi connectivity index (χ4v) is 3.02. The highest BCUT2D eigenvalue weighted by molar-refractivity contribution is 6.34. The van der Waals surface area contributed by atoms with Gasteiger partial charge in [0.2, 0.25) is 5.28 Å². The van der Waals surface area contributed by atoms with Gasteiger partial charge in [0, 0.05) is 26.2 Å². The summed E-state index contributed by atoms with van der Waals surface area (Å²) in [5.74, 6) is 0.690. The van der Waals surface area contributed by atoms with Gasteiger partial charge >= 0.3 is 0 Å². The Labute approximate surface area is 138 Å². The Morgan fingerprint density at radius 1 is 0.857 bits per heavy atom. The molecule has 1 aromatic heterocycles. The first kappa shape index (κ1) is 14.7. The van der Waals surface area contributed by atoms with Crippen molar-refractivity contribution >= 4 is 46.3 Å². The zero-order valence-corrected chi connectivity index (χ0v) is 13.4. The van der Waals surface area contributed by atoms with Gasteiger partial charge in [0.1, 0.15) is 5.02 Å². The van der Waals surface area contributed by atoms with Crippen molar-refractivity contribution in [3.05, 3.63) is 45.8 Å². The van der Waals surface area contributed by atoms with Crippen LogP contribution in [0.4, 0.5) is 11.5 Å². The molecule has 0 unspecified atom stereocenters. The molecule has 21 heavy (non-hydrogen) atoms. The Hall–Kier alpha value is -1.23. The molecule has 110 valence electrons. The van der Waals surface area contributed by atoms with Crippen LogP contribution in [0.15, 0.2) is 30.5 Å². The lowest BCUT2D eigenvalue weighted by Crippen LogP contribution is -2.47. The van der Waals surface area contributed by atoms with E-state index in [0.717, 1.165) is 36.9 Å². The van der Waals surface area contributed by atoms with E-state index in [-0.39, 0.29) is 5.28 Å². The smallest absolute Gasteiger partial charge is 0.224 e. The summed E-state index contributed by atoms with van der Waals surface area (Å²) in [7, 11) is 0. The summed E-state index contributed by atoms with van der Waals surface area (Å²) >= 11 is 18.2. The van der Waals surface area contributed by atoms with E-state index in [1.807, 2.05) is 24.3 Å². The number of nitrogens with zero attached hydrogens (tertiary/aromatic N) is 4. The lowest BCUT2D eigenvalue weighted by molar-refractivity contribution is 0.647. The Balaban J connectivity index is 1.73. The largest absolute Gasteiger partial charge is 0.367 e. The second kappa shape index (κ2) is 6.26. The maximum absolute atomic E-state index is 6.24. The molecule has 1 aliphatic rings. The summed E-state index contributed by atoms with van der Waals surface area (Å²) in [4.78, 5) is 12.5. The first-order chi connectivity index (χ1) is 10.1. The first-order valence-corrected chi connectivity index (χ1v) is 7.71. The summed E-state index contributed by atoms with van der Waals surface area (Å²) < 4.78 is 0. The lowest BCUT2D eigenvalue weighted by Gasteiger charge is -2.37. The van der Waals surface area contributed by atoms with Crippen molar-refractivity contribution in [3.8, 4) is 0 Å². The minimum Gasteiger partial charge on any atom is -0.367 e. The minimum atomic E-state index is 0.211. The maximum Gasteiger partial charge on any atom is 0.224 e. The first-order valence-electron chi connectivity index (χ1n) is 6.57. The van der Waals surface area contributed by atoms with Crippen LogP contribution in [0.1, 0.15) is 0 Å². The SMILES string of the molecule is Clc1ncc(Cl)c(N2CCN(c3ccccc3Cl)CC2)n1. The van der Waals surface area contributed by atoms with Crippen LogP contribution in [0, 0.1) is 0 Å². The summed E-state index contributed by atoms with van der Waals surface area (Å²) in [6, 6.07) is 7.87. The van der Waals surface area contributed by atoms with Crippen molar-refractivity contribution in [3.63, 3.8) is 0 Å². The summed E-state index contributed by atoms with van der Waals surface area (Å²) in [5.41, 5.74) is 1.06. The van der Waals surface area contributed by atoms with Gasteiger partial charge in [-0.15, -0.1) is 0 Å². The van der Waals surface area contributed by atoms with Crippen molar-refractivity contribution in [1.82, 2.24) is 9.97 Å². The van der Waals surface area contributed by atoms with E-state index in [9.17, 15) is 0 Å². The summed E-state index contributed by atoms with van der Waals surface area (Å²) in [5, 5.41) is 1.50. The number of benzene rings is 1. The monoisotopic (exact) mass is 342 g/mol. The van der Waals surface area contributed by atoms with Gasteiger partial charge in [0.05, 0.1) is 16.9 Å². The number of para-hydroxylation sites is 1. The van der Waals surface area contributed by atoms with E-state index in [1.165, 1.54) is 6.20 Å². The Morgan fingerprint density at radius 2 is 1.52 bits per heavy atom. The third-order valence-electron chi connectivity index (χ3n) is 3.47. The van der Waals surface area contributed by atoms with Gasteiger partial charge < -0.3 is 9.80 Å². The second-order valence-corrected chi connectivity index (χ2v) is 5.89. The van der Waals surface area contributed by atoms with Crippen molar-refractivity contribution < 1.29 is 0 Å². The van der Waals surface area contributed by atoms with Crippen molar-refractivity contribution in [1.29, 1.82) is 0 Å². The van der Waals surface area contributed by atoms with Gasteiger partial charge in [-0.05, 0) is 23.7 Å². The second-order valence-electron chi connectivity index (χ2n) is 4.74. The Morgan fingerprint density at radius 3 is 2.24 bits per heavy atom. The van der Waals surface area contributed by atoms with E-state index in [0.29, 0.717) is 10.8 Å². The quantitative estimate of drug-likeness (QED) is 0.777. The van der Waals surface area contributed by atoms with Gasteiger partial charge in [0.25, 0.3) is 0 Å². The Kier molecular flexibility index (Phi) is 4.38. The zero-order chi connectivity index (χ0) is 14.8. The molecule has 1 fully saturated rings. The molecule has 2 heterocycles.